The molecule has 0 fully saturated rings. The Bertz CT molecular complexity index is 830. The van der Waals surface area contributed by atoms with Crippen molar-refractivity contribution in [3.8, 4) is 0 Å². The predicted molar refractivity (Wildman–Crippen MR) is 94.6 cm³/mol. The van der Waals surface area contributed by atoms with Crippen LogP contribution in [0, 0.1) is 0 Å². The first-order chi connectivity index (χ1) is 10.1. The van der Waals surface area contributed by atoms with Gasteiger partial charge in [0, 0.05) is 11.3 Å². The van der Waals surface area contributed by atoms with Crippen LogP contribution in [0.5, 0.6) is 0 Å². The van der Waals surface area contributed by atoms with Crippen LogP contribution >= 0.6 is 23.8 Å². The van der Waals surface area contributed by atoms with Crippen molar-refractivity contribution in [1.82, 2.24) is 0 Å². The Labute approximate surface area is 133 Å². The summed E-state index contributed by atoms with van der Waals surface area (Å²) in [6.45, 7) is 0. The van der Waals surface area contributed by atoms with Gasteiger partial charge in [0.25, 0.3) is 0 Å². The molecule has 0 saturated carbocycles. The van der Waals surface area contributed by atoms with Crippen LogP contribution in [0.3, 0.4) is 0 Å². The van der Waals surface area contributed by atoms with Crippen LogP contribution in [0.1, 0.15) is 5.56 Å². The maximum Gasteiger partial charge on any atom is 0.104 e. The topological polar surface area (TPSA) is 38.0 Å². The summed E-state index contributed by atoms with van der Waals surface area (Å²) in [4.78, 5) is 0.342. The zero-order chi connectivity index (χ0) is 14.8. The Morgan fingerprint density at radius 2 is 1.71 bits per heavy atom. The quantitative estimate of drug-likeness (QED) is 0.677. The van der Waals surface area contributed by atoms with Gasteiger partial charge in [-0.05, 0) is 41.1 Å². The molecule has 0 bridgehead atoms. The van der Waals surface area contributed by atoms with Gasteiger partial charge >= 0.3 is 0 Å². The Kier molecular flexibility index (Phi) is 3.78. The first-order valence-corrected chi connectivity index (χ1v) is 7.27. The number of thiocarbonyl (C=S) groups is 1. The number of hydrogen-bond acceptors (Lipinski definition) is 2. The van der Waals surface area contributed by atoms with Crippen molar-refractivity contribution >= 4 is 51.0 Å². The lowest BCUT2D eigenvalue weighted by Crippen LogP contribution is -2.09. The van der Waals surface area contributed by atoms with Gasteiger partial charge in [0.1, 0.15) is 4.99 Å². The minimum Gasteiger partial charge on any atom is -0.389 e. The summed E-state index contributed by atoms with van der Waals surface area (Å²) in [6, 6.07) is 19.9. The van der Waals surface area contributed by atoms with Crippen LogP contribution in [0.2, 0.25) is 5.02 Å². The molecule has 21 heavy (non-hydrogen) atoms. The summed E-state index contributed by atoms with van der Waals surface area (Å²) in [6.07, 6.45) is 0. The molecule has 3 rings (SSSR count). The van der Waals surface area contributed by atoms with Gasteiger partial charge in [0.2, 0.25) is 0 Å². The van der Waals surface area contributed by atoms with Gasteiger partial charge in [0.05, 0.1) is 10.7 Å². The number of halogens is 1. The number of nitrogens with two attached hydrogens (primary N) is 1. The molecule has 0 aliphatic heterocycles. The highest BCUT2D eigenvalue weighted by atomic mass is 35.5. The van der Waals surface area contributed by atoms with E-state index in [-0.39, 0.29) is 0 Å². The molecule has 0 aliphatic rings. The average molecular weight is 313 g/mol. The van der Waals surface area contributed by atoms with Crippen molar-refractivity contribution in [3.05, 3.63) is 71.2 Å². The number of hydrogen-bond donors (Lipinski definition) is 2. The van der Waals surface area contributed by atoms with Crippen LogP contribution in [0.15, 0.2) is 60.7 Å². The van der Waals surface area contributed by atoms with Crippen LogP contribution in [0.25, 0.3) is 10.8 Å². The van der Waals surface area contributed by atoms with E-state index < -0.39 is 0 Å². The standard InChI is InChI=1S/C17H13ClN2S/c18-15-10-13(17(19)21)6-8-16(15)20-14-7-5-11-3-1-2-4-12(11)9-14/h1-10,20H,(H2,19,21). The molecule has 2 nitrogen and oxygen atoms in total. The van der Waals surface area contributed by atoms with E-state index in [0.717, 1.165) is 16.9 Å². The van der Waals surface area contributed by atoms with E-state index in [1.54, 1.807) is 6.07 Å². The van der Waals surface area contributed by atoms with Crippen LogP contribution < -0.4 is 11.1 Å². The van der Waals surface area contributed by atoms with Crippen molar-refractivity contribution < 1.29 is 0 Å². The summed E-state index contributed by atoms with van der Waals surface area (Å²) in [5.41, 5.74) is 8.17. The number of anilines is 2. The molecule has 0 radical (unpaired) electrons. The normalized spacial score (nSPS) is 10.5. The number of benzene rings is 3. The number of fused-ring (bicyclic) bond motifs is 1. The molecule has 3 aromatic rings. The number of rotatable bonds is 3. The maximum absolute atomic E-state index is 6.26. The summed E-state index contributed by atoms with van der Waals surface area (Å²) in [7, 11) is 0. The summed E-state index contributed by atoms with van der Waals surface area (Å²) in [5.74, 6) is 0. The third kappa shape index (κ3) is 2.99. The van der Waals surface area contributed by atoms with E-state index in [9.17, 15) is 0 Å². The lowest BCUT2D eigenvalue weighted by atomic mass is 10.1. The fourth-order valence-electron chi connectivity index (χ4n) is 2.19. The first-order valence-electron chi connectivity index (χ1n) is 6.49. The van der Waals surface area contributed by atoms with Crippen LogP contribution in [0.4, 0.5) is 11.4 Å². The third-order valence-electron chi connectivity index (χ3n) is 3.28. The van der Waals surface area contributed by atoms with Gasteiger partial charge in [-0.2, -0.15) is 0 Å². The molecule has 0 atom stereocenters. The van der Waals surface area contributed by atoms with Gasteiger partial charge in [-0.15, -0.1) is 0 Å². The molecule has 0 spiro atoms. The molecule has 3 aromatic carbocycles. The molecule has 0 heterocycles. The molecule has 4 heteroatoms. The van der Waals surface area contributed by atoms with Gasteiger partial charge in [-0.25, -0.2) is 0 Å². The smallest absolute Gasteiger partial charge is 0.104 e. The van der Waals surface area contributed by atoms with Gasteiger partial charge in [-0.3, -0.25) is 0 Å². The van der Waals surface area contributed by atoms with Crippen molar-refractivity contribution in [2.24, 2.45) is 5.73 Å². The fourth-order valence-corrected chi connectivity index (χ4v) is 2.55. The van der Waals surface area contributed by atoms with Gasteiger partial charge < -0.3 is 11.1 Å². The monoisotopic (exact) mass is 312 g/mol. The van der Waals surface area contributed by atoms with Gasteiger partial charge in [0.15, 0.2) is 0 Å². The van der Waals surface area contributed by atoms with Gasteiger partial charge in [-0.1, -0.05) is 54.2 Å². The van der Waals surface area contributed by atoms with E-state index >= 15 is 0 Å². The summed E-state index contributed by atoms with van der Waals surface area (Å²) < 4.78 is 0. The maximum atomic E-state index is 6.26. The SMILES string of the molecule is NC(=S)c1ccc(Nc2ccc3ccccc3c2)c(Cl)c1. The molecule has 104 valence electrons. The fraction of sp³-hybridized carbons (Fsp3) is 0. The average Bonchev–Trinajstić information content (AvgIpc) is 2.49. The third-order valence-corrected chi connectivity index (χ3v) is 3.83. The molecule has 3 N–H and O–H groups in total. The van der Waals surface area contributed by atoms with Crippen molar-refractivity contribution in [1.29, 1.82) is 0 Å². The van der Waals surface area contributed by atoms with Crippen molar-refractivity contribution in [3.63, 3.8) is 0 Å². The minimum absolute atomic E-state index is 0.342. The largest absolute Gasteiger partial charge is 0.389 e. The Morgan fingerprint density at radius 3 is 2.43 bits per heavy atom. The first kappa shape index (κ1) is 13.9. The zero-order valence-corrected chi connectivity index (χ0v) is 12.7. The van der Waals surface area contributed by atoms with E-state index in [1.807, 2.05) is 30.3 Å². The van der Waals surface area contributed by atoms with E-state index in [2.05, 4.69) is 29.6 Å². The van der Waals surface area contributed by atoms with Crippen LogP contribution in [-0.4, -0.2) is 4.99 Å². The highest BCUT2D eigenvalue weighted by Gasteiger charge is 2.04. The molecule has 0 amide bonds. The summed E-state index contributed by atoms with van der Waals surface area (Å²) >= 11 is 11.2. The second-order valence-corrected chi connectivity index (χ2v) is 5.59. The number of nitrogens with one attached hydrogen (secondary N) is 1. The molecular weight excluding hydrogens is 300 g/mol. The molecule has 0 unspecified atom stereocenters. The van der Waals surface area contributed by atoms with E-state index in [1.165, 1.54) is 10.8 Å². The van der Waals surface area contributed by atoms with Crippen molar-refractivity contribution in [2.75, 3.05) is 5.32 Å². The highest BCUT2D eigenvalue weighted by Crippen LogP contribution is 2.28. The molecule has 0 saturated heterocycles. The van der Waals surface area contributed by atoms with E-state index in [4.69, 9.17) is 29.6 Å². The summed E-state index contributed by atoms with van der Waals surface area (Å²) in [5, 5.41) is 6.29. The van der Waals surface area contributed by atoms with E-state index in [0.29, 0.717) is 10.0 Å². The second kappa shape index (κ2) is 5.72. The lowest BCUT2D eigenvalue weighted by Gasteiger charge is -2.10. The lowest BCUT2D eigenvalue weighted by molar-refractivity contribution is 1.55. The zero-order valence-electron chi connectivity index (χ0n) is 11.1. The molecular formula is C17H13ClN2S. The Morgan fingerprint density at radius 1 is 0.952 bits per heavy atom. The second-order valence-electron chi connectivity index (χ2n) is 4.75. The minimum atomic E-state index is 0.342. The molecule has 0 aromatic heterocycles. The van der Waals surface area contributed by atoms with Crippen LogP contribution in [-0.2, 0) is 0 Å². The predicted octanol–water partition coefficient (Wildman–Crippen LogP) is 4.87. The molecule has 0 aliphatic carbocycles. The van der Waals surface area contributed by atoms with Crippen molar-refractivity contribution in [2.45, 2.75) is 0 Å². The highest BCUT2D eigenvalue weighted by molar-refractivity contribution is 7.80. The Balaban J connectivity index is 1.93. The Hall–Kier alpha value is -2.10.